The van der Waals surface area contributed by atoms with Crippen molar-refractivity contribution in [2.24, 2.45) is 0 Å². The molecule has 33 heavy (non-hydrogen) atoms. The van der Waals surface area contributed by atoms with Gasteiger partial charge in [0, 0.05) is 41.3 Å². The lowest BCUT2D eigenvalue weighted by Gasteiger charge is -2.21. The van der Waals surface area contributed by atoms with Crippen molar-refractivity contribution in [1.82, 2.24) is 5.32 Å². The fourth-order valence-electron chi connectivity index (χ4n) is 3.33. The smallest absolute Gasteiger partial charge is 0.258 e. The van der Waals surface area contributed by atoms with Crippen LogP contribution in [0.1, 0.15) is 34.6 Å². The van der Waals surface area contributed by atoms with E-state index in [0.717, 1.165) is 11.4 Å². The highest BCUT2D eigenvalue weighted by atomic mass is 16.2. The lowest BCUT2D eigenvalue weighted by molar-refractivity contribution is -0.114. The summed E-state index contributed by atoms with van der Waals surface area (Å²) in [6.07, 6.45) is 0. The summed E-state index contributed by atoms with van der Waals surface area (Å²) >= 11 is 0. The number of hydrogen-bond donors (Lipinski definition) is 3. The largest absolute Gasteiger partial charge is 0.376 e. The van der Waals surface area contributed by atoms with Gasteiger partial charge in [-0.25, -0.2) is 0 Å². The summed E-state index contributed by atoms with van der Waals surface area (Å²) in [6.45, 7) is 4.92. The zero-order valence-electron chi connectivity index (χ0n) is 18.8. The number of rotatable bonds is 9. The number of carbonyl (C=O) groups excluding carboxylic acids is 3. The minimum atomic E-state index is -0.247. The van der Waals surface area contributed by atoms with Crippen LogP contribution in [0.3, 0.4) is 0 Å². The molecule has 0 aliphatic carbocycles. The van der Waals surface area contributed by atoms with Gasteiger partial charge >= 0.3 is 0 Å². The van der Waals surface area contributed by atoms with Crippen molar-refractivity contribution in [3.8, 4) is 0 Å². The number of nitrogens with zero attached hydrogens (tertiary/aromatic N) is 1. The van der Waals surface area contributed by atoms with Crippen molar-refractivity contribution in [3.05, 3.63) is 90.0 Å². The van der Waals surface area contributed by atoms with Crippen molar-refractivity contribution in [2.45, 2.75) is 13.8 Å². The van der Waals surface area contributed by atoms with Crippen molar-refractivity contribution < 1.29 is 14.4 Å². The van der Waals surface area contributed by atoms with E-state index >= 15 is 0 Å². The molecule has 0 heterocycles. The maximum Gasteiger partial charge on any atom is 0.258 e. The van der Waals surface area contributed by atoms with Gasteiger partial charge in [-0.1, -0.05) is 24.3 Å². The van der Waals surface area contributed by atoms with Crippen LogP contribution in [0.25, 0.3) is 0 Å². The van der Waals surface area contributed by atoms with Gasteiger partial charge in [0.1, 0.15) is 0 Å². The molecule has 0 radical (unpaired) electrons. The van der Waals surface area contributed by atoms with Crippen LogP contribution < -0.4 is 20.9 Å². The number of amides is 3. The Labute approximate surface area is 193 Å². The monoisotopic (exact) mass is 444 g/mol. The highest BCUT2D eigenvalue weighted by Crippen LogP contribution is 2.19. The standard InChI is InChI=1S/C26H28N4O3/c1-3-27-25(32)19-13-15-21(16-14-19)28-18-24(31)29-22-10-8-9-20(17-22)26(33)30(4-2)23-11-6-5-7-12-23/h5-17,28H,3-4,18H2,1-2H3,(H,27,32)(H,29,31). The van der Waals surface area contributed by atoms with Gasteiger partial charge in [0.2, 0.25) is 5.91 Å². The molecular formula is C26H28N4O3. The van der Waals surface area contributed by atoms with Crippen LogP contribution in [0.5, 0.6) is 0 Å². The summed E-state index contributed by atoms with van der Waals surface area (Å²) < 4.78 is 0. The summed E-state index contributed by atoms with van der Waals surface area (Å²) in [5, 5.41) is 8.58. The third kappa shape index (κ3) is 6.43. The number of nitrogens with one attached hydrogen (secondary N) is 3. The second kappa shape index (κ2) is 11.5. The Morgan fingerprint density at radius 3 is 2.18 bits per heavy atom. The summed E-state index contributed by atoms with van der Waals surface area (Å²) in [5.74, 6) is -0.516. The predicted octanol–water partition coefficient (Wildman–Crippen LogP) is 4.15. The van der Waals surface area contributed by atoms with E-state index in [4.69, 9.17) is 0 Å². The Morgan fingerprint density at radius 1 is 0.788 bits per heavy atom. The fraction of sp³-hybridized carbons (Fsp3) is 0.192. The first-order chi connectivity index (χ1) is 16.0. The Balaban J connectivity index is 1.59. The molecular weight excluding hydrogens is 416 g/mol. The van der Waals surface area contributed by atoms with Gasteiger partial charge in [0.25, 0.3) is 11.8 Å². The fourth-order valence-corrected chi connectivity index (χ4v) is 3.33. The molecule has 0 aromatic heterocycles. The molecule has 7 heteroatoms. The molecule has 0 fully saturated rings. The van der Waals surface area contributed by atoms with Crippen LogP contribution in [0.4, 0.5) is 17.1 Å². The molecule has 0 spiro atoms. The number of anilines is 3. The van der Waals surface area contributed by atoms with Gasteiger partial charge in [-0.2, -0.15) is 0 Å². The first-order valence-corrected chi connectivity index (χ1v) is 10.9. The number of benzene rings is 3. The van der Waals surface area contributed by atoms with E-state index in [1.807, 2.05) is 44.2 Å². The minimum Gasteiger partial charge on any atom is -0.376 e. The van der Waals surface area contributed by atoms with E-state index in [1.54, 1.807) is 53.4 Å². The molecule has 3 rings (SSSR count). The summed E-state index contributed by atoms with van der Waals surface area (Å²) in [6, 6.07) is 23.3. The van der Waals surface area contributed by atoms with E-state index in [2.05, 4.69) is 16.0 Å². The lowest BCUT2D eigenvalue weighted by atomic mass is 10.1. The van der Waals surface area contributed by atoms with E-state index in [1.165, 1.54) is 0 Å². The number of carbonyl (C=O) groups is 3. The summed E-state index contributed by atoms with van der Waals surface area (Å²) in [5.41, 5.74) is 3.14. The summed E-state index contributed by atoms with van der Waals surface area (Å²) in [4.78, 5) is 38.9. The Morgan fingerprint density at radius 2 is 1.52 bits per heavy atom. The van der Waals surface area contributed by atoms with E-state index in [0.29, 0.717) is 29.9 Å². The molecule has 0 saturated carbocycles. The van der Waals surface area contributed by atoms with E-state index < -0.39 is 0 Å². The van der Waals surface area contributed by atoms with Gasteiger partial charge in [0.05, 0.1) is 6.54 Å². The topological polar surface area (TPSA) is 90.5 Å². The third-order valence-corrected chi connectivity index (χ3v) is 4.96. The molecule has 0 atom stereocenters. The summed E-state index contributed by atoms with van der Waals surface area (Å²) in [7, 11) is 0. The molecule has 3 amide bonds. The molecule has 3 aromatic carbocycles. The van der Waals surface area contributed by atoms with Crippen molar-refractivity contribution in [2.75, 3.05) is 35.2 Å². The highest BCUT2D eigenvalue weighted by molar-refractivity contribution is 6.07. The zero-order valence-corrected chi connectivity index (χ0v) is 18.8. The Kier molecular flexibility index (Phi) is 8.18. The Hall–Kier alpha value is -4.13. The lowest BCUT2D eigenvalue weighted by Crippen LogP contribution is -2.30. The quantitative estimate of drug-likeness (QED) is 0.462. The molecule has 0 aliphatic rings. The van der Waals surface area contributed by atoms with Crippen molar-refractivity contribution >= 4 is 34.8 Å². The molecule has 7 nitrogen and oxygen atoms in total. The number of hydrogen-bond acceptors (Lipinski definition) is 4. The zero-order chi connectivity index (χ0) is 23.6. The molecule has 0 bridgehead atoms. The van der Waals surface area contributed by atoms with Crippen LogP contribution in [0, 0.1) is 0 Å². The van der Waals surface area contributed by atoms with Crippen LogP contribution in [-0.4, -0.2) is 37.4 Å². The normalized spacial score (nSPS) is 10.2. The highest BCUT2D eigenvalue weighted by Gasteiger charge is 2.16. The van der Waals surface area contributed by atoms with Gasteiger partial charge in [-0.15, -0.1) is 0 Å². The minimum absolute atomic E-state index is 0.0454. The second-order valence-electron chi connectivity index (χ2n) is 7.30. The van der Waals surface area contributed by atoms with Crippen molar-refractivity contribution in [3.63, 3.8) is 0 Å². The molecule has 3 N–H and O–H groups in total. The van der Waals surface area contributed by atoms with Crippen LogP contribution in [-0.2, 0) is 4.79 Å². The van der Waals surface area contributed by atoms with Gasteiger partial charge in [-0.3, -0.25) is 14.4 Å². The van der Waals surface area contributed by atoms with Gasteiger partial charge in [-0.05, 0) is 68.4 Å². The van der Waals surface area contributed by atoms with Crippen LogP contribution in [0.2, 0.25) is 0 Å². The van der Waals surface area contributed by atoms with Crippen LogP contribution in [0.15, 0.2) is 78.9 Å². The van der Waals surface area contributed by atoms with Crippen molar-refractivity contribution in [1.29, 1.82) is 0 Å². The first kappa shape index (κ1) is 23.5. The molecule has 3 aromatic rings. The predicted molar refractivity (Wildman–Crippen MR) is 132 cm³/mol. The Bertz CT molecular complexity index is 1100. The van der Waals surface area contributed by atoms with Crippen LogP contribution >= 0.6 is 0 Å². The van der Waals surface area contributed by atoms with E-state index in [-0.39, 0.29) is 24.3 Å². The number of para-hydroxylation sites is 1. The first-order valence-electron chi connectivity index (χ1n) is 10.9. The average Bonchev–Trinajstić information content (AvgIpc) is 2.84. The van der Waals surface area contributed by atoms with Gasteiger partial charge in [0.15, 0.2) is 0 Å². The van der Waals surface area contributed by atoms with E-state index in [9.17, 15) is 14.4 Å². The molecule has 0 saturated heterocycles. The average molecular weight is 445 g/mol. The SMILES string of the molecule is CCNC(=O)c1ccc(NCC(=O)Nc2cccc(C(=O)N(CC)c3ccccc3)c2)cc1. The molecule has 0 aliphatic heterocycles. The molecule has 170 valence electrons. The van der Waals surface area contributed by atoms with Gasteiger partial charge < -0.3 is 20.9 Å². The maximum absolute atomic E-state index is 13.0. The third-order valence-electron chi connectivity index (χ3n) is 4.96. The maximum atomic E-state index is 13.0. The molecule has 0 unspecified atom stereocenters. The second-order valence-corrected chi connectivity index (χ2v) is 7.30.